The summed E-state index contributed by atoms with van der Waals surface area (Å²) in [6.45, 7) is 0. The number of thioether (sulfide) groups is 1. The van der Waals surface area contributed by atoms with Gasteiger partial charge in [-0.1, -0.05) is 0 Å². The van der Waals surface area contributed by atoms with Gasteiger partial charge in [-0.05, 0) is 24.8 Å². The fraction of sp³-hybridized carbons (Fsp3) is 0.333. The summed E-state index contributed by atoms with van der Waals surface area (Å²) in [6.07, 6.45) is 2.77. The monoisotopic (exact) mass is 298 g/mol. The first-order chi connectivity index (χ1) is 9.45. The Hall–Kier alpha value is -2.09. The molecule has 108 valence electrons. The highest BCUT2D eigenvalue weighted by atomic mass is 32.2. The lowest BCUT2D eigenvalue weighted by molar-refractivity contribution is -0.140. The summed E-state index contributed by atoms with van der Waals surface area (Å²) in [7, 11) is 0. The number of aromatic nitrogens is 1. The van der Waals surface area contributed by atoms with Gasteiger partial charge in [0.15, 0.2) is 0 Å². The van der Waals surface area contributed by atoms with E-state index in [9.17, 15) is 14.4 Å². The molecule has 20 heavy (non-hydrogen) atoms. The number of pyridine rings is 1. The first-order valence-corrected chi connectivity index (χ1v) is 6.92. The molecule has 0 aliphatic carbocycles. The lowest BCUT2D eigenvalue weighted by atomic mass is 10.1. The molecule has 0 bridgehead atoms. The van der Waals surface area contributed by atoms with Crippen molar-refractivity contribution in [1.82, 2.24) is 10.3 Å². The molecule has 0 unspecified atom stereocenters. The Labute approximate surface area is 119 Å². The summed E-state index contributed by atoms with van der Waals surface area (Å²) in [5.74, 6) is -2.97. The molecule has 1 atom stereocenters. The van der Waals surface area contributed by atoms with Crippen molar-refractivity contribution in [3.05, 3.63) is 23.9 Å². The lowest BCUT2D eigenvalue weighted by Gasteiger charge is -2.14. The van der Waals surface area contributed by atoms with Crippen LogP contribution in [0.4, 0.5) is 0 Å². The zero-order valence-electron chi connectivity index (χ0n) is 10.7. The van der Waals surface area contributed by atoms with Crippen LogP contribution >= 0.6 is 11.8 Å². The van der Waals surface area contributed by atoms with Crippen LogP contribution in [0, 0.1) is 0 Å². The van der Waals surface area contributed by atoms with Crippen LogP contribution in [-0.4, -0.2) is 45.3 Å². The Kier molecular flexibility index (Phi) is 5.98. The van der Waals surface area contributed by atoms with Gasteiger partial charge in [0.1, 0.15) is 11.1 Å². The second kappa shape index (κ2) is 7.49. The Balaban J connectivity index is 2.80. The van der Waals surface area contributed by atoms with Crippen LogP contribution in [0.3, 0.4) is 0 Å². The minimum atomic E-state index is -1.27. The Morgan fingerprint density at radius 3 is 2.65 bits per heavy atom. The summed E-state index contributed by atoms with van der Waals surface area (Å²) in [5, 5.41) is 20.3. The van der Waals surface area contributed by atoms with Crippen LogP contribution in [0.1, 0.15) is 23.2 Å². The topological polar surface area (TPSA) is 117 Å². The number of carboxylic acids is 2. The summed E-state index contributed by atoms with van der Waals surface area (Å²) in [4.78, 5) is 37.5. The highest BCUT2D eigenvalue weighted by molar-refractivity contribution is 7.98. The van der Waals surface area contributed by atoms with E-state index in [1.165, 1.54) is 24.0 Å². The molecule has 0 saturated carbocycles. The van der Waals surface area contributed by atoms with Crippen LogP contribution in [-0.2, 0) is 9.59 Å². The highest BCUT2D eigenvalue weighted by Crippen LogP contribution is 2.16. The third kappa shape index (κ3) is 4.54. The number of hydrogen-bond donors (Lipinski definition) is 3. The molecule has 0 fully saturated rings. The maximum absolute atomic E-state index is 12.0. The number of rotatable bonds is 7. The predicted octanol–water partition coefficient (Wildman–Crippen LogP) is 0.851. The predicted molar refractivity (Wildman–Crippen MR) is 71.8 cm³/mol. The van der Waals surface area contributed by atoms with Crippen molar-refractivity contribution in [2.45, 2.75) is 23.9 Å². The van der Waals surface area contributed by atoms with E-state index < -0.39 is 23.9 Å². The number of nitrogens with one attached hydrogen (secondary N) is 1. The quantitative estimate of drug-likeness (QED) is 0.639. The number of carboxylic acid groups (broad SMARTS) is 2. The lowest BCUT2D eigenvalue weighted by Crippen LogP contribution is -2.41. The molecule has 0 aliphatic rings. The molecule has 8 heteroatoms. The van der Waals surface area contributed by atoms with E-state index >= 15 is 0 Å². The average molecular weight is 298 g/mol. The van der Waals surface area contributed by atoms with E-state index in [1.54, 1.807) is 12.3 Å². The van der Waals surface area contributed by atoms with Gasteiger partial charge >= 0.3 is 11.9 Å². The molecule has 3 N–H and O–H groups in total. The van der Waals surface area contributed by atoms with Crippen LogP contribution < -0.4 is 5.32 Å². The highest BCUT2D eigenvalue weighted by Gasteiger charge is 2.22. The Morgan fingerprint density at radius 1 is 1.40 bits per heavy atom. The van der Waals surface area contributed by atoms with Crippen molar-refractivity contribution >= 4 is 29.6 Å². The number of hydrogen-bond acceptors (Lipinski definition) is 5. The molecular weight excluding hydrogens is 284 g/mol. The SMILES string of the molecule is CSc1ncccc1C(=O)N[C@@H](CCC(=O)O)C(=O)O. The van der Waals surface area contributed by atoms with E-state index in [1.807, 2.05) is 0 Å². The molecule has 0 spiro atoms. The van der Waals surface area contributed by atoms with Gasteiger partial charge in [-0.25, -0.2) is 9.78 Å². The first kappa shape index (κ1) is 16.0. The molecule has 0 radical (unpaired) electrons. The summed E-state index contributed by atoms with van der Waals surface area (Å²) >= 11 is 1.26. The van der Waals surface area contributed by atoms with Gasteiger partial charge in [-0.15, -0.1) is 11.8 Å². The molecule has 1 aromatic heterocycles. The number of aliphatic carboxylic acids is 2. The van der Waals surface area contributed by atoms with Crippen LogP contribution in [0.2, 0.25) is 0 Å². The molecule has 0 aliphatic heterocycles. The normalized spacial score (nSPS) is 11.7. The molecule has 7 nitrogen and oxygen atoms in total. The van der Waals surface area contributed by atoms with E-state index in [0.717, 1.165) is 0 Å². The molecule has 1 aromatic rings. The number of amides is 1. The number of carbonyl (C=O) groups is 3. The van der Waals surface area contributed by atoms with Gasteiger partial charge in [0.2, 0.25) is 0 Å². The van der Waals surface area contributed by atoms with E-state index in [4.69, 9.17) is 10.2 Å². The van der Waals surface area contributed by atoms with Crippen molar-refractivity contribution in [1.29, 1.82) is 0 Å². The van der Waals surface area contributed by atoms with Gasteiger partial charge < -0.3 is 15.5 Å². The smallest absolute Gasteiger partial charge is 0.326 e. The van der Waals surface area contributed by atoms with E-state index in [-0.39, 0.29) is 18.4 Å². The van der Waals surface area contributed by atoms with Crippen molar-refractivity contribution in [3.63, 3.8) is 0 Å². The van der Waals surface area contributed by atoms with Gasteiger partial charge in [0.25, 0.3) is 5.91 Å². The minimum Gasteiger partial charge on any atom is -0.481 e. The maximum Gasteiger partial charge on any atom is 0.326 e. The van der Waals surface area contributed by atoms with Gasteiger partial charge in [0.05, 0.1) is 5.56 Å². The average Bonchev–Trinajstić information content (AvgIpc) is 2.42. The van der Waals surface area contributed by atoms with Gasteiger partial charge in [0, 0.05) is 12.6 Å². The van der Waals surface area contributed by atoms with Gasteiger partial charge in [-0.2, -0.15) is 0 Å². The second-order valence-electron chi connectivity index (χ2n) is 3.86. The van der Waals surface area contributed by atoms with Crippen LogP contribution in [0.5, 0.6) is 0 Å². The molecule has 0 aromatic carbocycles. The molecule has 0 saturated heterocycles. The third-order valence-electron chi connectivity index (χ3n) is 2.46. The third-order valence-corrected chi connectivity index (χ3v) is 3.17. The first-order valence-electron chi connectivity index (χ1n) is 5.70. The molecule has 1 heterocycles. The summed E-state index contributed by atoms with van der Waals surface area (Å²) in [6, 6.07) is 1.86. The zero-order valence-corrected chi connectivity index (χ0v) is 11.5. The van der Waals surface area contributed by atoms with Crippen LogP contribution in [0.15, 0.2) is 23.4 Å². The fourth-order valence-electron chi connectivity index (χ4n) is 1.49. The molecule has 1 rings (SSSR count). The van der Waals surface area contributed by atoms with Crippen molar-refractivity contribution in [2.75, 3.05) is 6.26 Å². The molecular formula is C12H14N2O5S. The number of nitrogens with zero attached hydrogens (tertiary/aromatic N) is 1. The summed E-state index contributed by atoms with van der Waals surface area (Å²) in [5.41, 5.74) is 0.265. The Bertz CT molecular complexity index is 520. The minimum absolute atomic E-state index is 0.175. The van der Waals surface area contributed by atoms with Crippen molar-refractivity contribution < 1.29 is 24.6 Å². The van der Waals surface area contributed by atoms with Crippen molar-refractivity contribution in [2.24, 2.45) is 0 Å². The standard InChI is InChI=1S/C12H14N2O5S/c1-20-11-7(3-2-6-13-11)10(17)14-8(12(18)19)4-5-9(15)16/h2-3,6,8H,4-5H2,1H3,(H,14,17)(H,15,16)(H,18,19)/t8-/m0/s1. The van der Waals surface area contributed by atoms with E-state index in [0.29, 0.717) is 5.03 Å². The largest absolute Gasteiger partial charge is 0.481 e. The summed E-state index contributed by atoms with van der Waals surface area (Å²) < 4.78 is 0. The molecule has 1 amide bonds. The second-order valence-corrected chi connectivity index (χ2v) is 4.65. The number of carbonyl (C=O) groups excluding carboxylic acids is 1. The Morgan fingerprint density at radius 2 is 2.10 bits per heavy atom. The fourth-order valence-corrected chi connectivity index (χ4v) is 2.03. The van der Waals surface area contributed by atoms with Crippen LogP contribution in [0.25, 0.3) is 0 Å². The van der Waals surface area contributed by atoms with Crippen molar-refractivity contribution in [3.8, 4) is 0 Å². The zero-order chi connectivity index (χ0) is 15.1. The maximum atomic E-state index is 12.0. The van der Waals surface area contributed by atoms with E-state index in [2.05, 4.69) is 10.3 Å². The van der Waals surface area contributed by atoms with Gasteiger partial charge in [-0.3, -0.25) is 9.59 Å².